The second-order valence-corrected chi connectivity index (χ2v) is 6.42. The molecule has 0 spiro atoms. The second-order valence-electron chi connectivity index (χ2n) is 5.57. The first kappa shape index (κ1) is 12.5. The molecule has 0 bridgehead atoms. The second kappa shape index (κ2) is 4.86. The third-order valence-electron chi connectivity index (χ3n) is 4.63. The van der Waals surface area contributed by atoms with Crippen LogP contribution in [0.25, 0.3) is 0 Å². The Kier molecular flexibility index (Phi) is 3.37. The minimum Gasteiger partial charge on any atom is -0.496 e. The van der Waals surface area contributed by atoms with Gasteiger partial charge in [-0.15, -0.1) is 0 Å². The predicted octanol–water partition coefficient (Wildman–Crippen LogP) is 3.27. The lowest BCUT2D eigenvalue weighted by atomic mass is 9.75. The predicted molar refractivity (Wildman–Crippen MR) is 77.2 cm³/mol. The van der Waals surface area contributed by atoms with Crippen LogP contribution in [0.5, 0.6) is 5.75 Å². The SMILES string of the molecule is COc1ccc(Br)c2c1C[C@@H]1[C@H](CCCN1C)C2. The highest BCUT2D eigenvalue weighted by molar-refractivity contribution is 9.10. The molecule has 0 radical (unpaired) electrons. The van der Waals surface area contributed by atoms with Gasteiger partial charge in [0.25, 0.3) is 0 Å². The van der Waals surface area contributed by atoms with E-state index in [0.29, 0.717) is 6.04 Å². The van der Waals surface area contributed by atoms with Gasteiger partial charge in [-0.2, -0.15) is 0 Å². The van der Waals surface area contributed by atoms with E-state index in [-0.39, 0.29) is 0 Å². The standard InChI is InChI=1S/C15H20BrNO/c1-17-7-3-4-10-8-11-12(9-14(10)17)15(18-2)6-5-13(11)16/h5-6,10,14H,3-4,7-9H2,1-2H3/t10-,14-/m1/s1. The summed E-state index contributed by atoms with van der Waals surface area (Å²) in [5.74, 6) is 1.88. The van der Waals surface area contributed by atoms with Gasteiger partial charge < -0.3 is 9.64 Å². The van der Waals surface area contributed by atoms with Crippen LogP contribution in [-0.4, -0.2) is 31.6 Å². The number of nitrogens with zero attached hydrogens (tertiary/aromatic N) is 1. The molecule has 3 heteroatoms. The average Bonchev–Trinajstić information content (AvgIpc) is 2.39. The lowest BCUT2D eigenvalue weighted by Gasteiger charge is -2.43. The molecule has 0 N–H and O–H groups in total. The summed E-state index contributed by atoms with van der Waals surface area (Å²) in [6.45, 7) is 1.24. The van der Waals surface area contributed by atoms with E-state index in [1.807, 2.05) is 0 Å². The zero-order valence-corrected chi connectivity index (χ0v) is 12.7. The molecule has 1 aliphatic carbocycles. The molecule has 1 fully saturated rings. The number of benzene rings is 1. The first-order valence-corrected chi connectivity index (χ1v) is 7.54. The van der Waals surface area contributed by atoms with Crippen LogP contribution in [0.15, 0.2) is 16.6 Å². The number of halogens is 1. The molecular formula is C15H20BrNO. The Balaban J connectivity index is 2.01. The molecule has 0 saturated carbocycles. The smallest absolute Gasteiger partial charge is 0.122 e. The number of ether oxygens (including phenoxy) is 1. The minimum absolute atomic E-state index is 0.703. The largest absolute Gasteiger partial charge is 0.496 e. The molecule has 0 amide bonds. The number of piperidine rings is 1. The Bertz CT molecular complexity index is 460. The first-order chi connectivity index (χ1) is 8.70. The molecular weight excluding hydrogens is 290 g/mol. The zero-order chi connectivity index (χ0) is 12.7. The molecule has 98 valence electrons. The van der Waals surface area contributed by atoms with E-state index in [0.717, 1.165) is 18.1 Å². The number of fused-ring (bicyclic) bond motifs is 2. The molecule has 1 heterocycles. The van der Waals surface area contributed by atoms with E-state index >= 15 is 0 Å². The fourth-order valence-electron chi connectivity index (χ4n) is 3.63. The number of rotatable bonds is 1. The molecule has 1 aromatic carbocycles. The number of methoxy groups -OCH3 is 1. The average molecular weight is 310 g/mol. The maximum atomic E-state index is 5.54. The molecule has 2 aliphatic rings. The van der Waals surface area contributed by atoms with Crippen molar-refractivity contribution < 1.29 is 4.74 Å². The summed E-state index contributed by atoms with van der Waals surface area (Å²) in [4.78, 5) is 2.54. The molecule has 2 atom stereocenters. The molecule has 18 heavy (non-hydrogen) atoms. The monoisotopic (exact) mass is 309 g/mol. The van der Waals surface area contributed by atoms with Gasteiger partial charge in [-0.25, -0.2) is 0 Å². The topological polar surface area (TPSA) is 12.5 Å². The Morgan fingerprint density at radius 2 is 2.11 bits per heavy atom. The van der Waals surface area contributed by atoms with E-state index < -0.39 is 0 Å². The maximum absolute atomic E-state index is 5.54. The van der Waals surface area contributed by atoms with Crippen LogP contribution in [0.3, 0.4) is 0 Å². The van der Waals surface area contributed by atoms with Crippen molar-refractivity contribution in [3.05, 3.63) is 27.7 Å². The van der Waals surface area contributed by atoms with Crippen molar-refractivity contribution in [2.45, 2.75) is 31.7 Å². The number of likely N-dealkylation sites (tertiary alicyclic amines) is 1. The van der Waals surface area contributed by atoms with Crippen molar-refractivity contribution in [2.24, 2.45) is 5.92 Å². The first-order valence-electron chi connectivity index (χ1n) is 6.75. The van der Waals surface area contributed by atoms with Crippen LogP contribution >= 0.6 is 15.9 Å². The highest BCUT2D eigenvalue weighted by Gasteiger charge is 2.35. The van der Waals surface area contributed by atoms with Gasteiger partial charge in [0.2, 0.25) is 0 Å². The van der Waals surface area contributed by atoms with Gasteiger partial charge in [-0.3, -0.25) is 0 Å². The van der Waals surface area contributed by atoms with Crippen molar-refractivity contribution in [2.75, 3.05) is 20.7 Å². The molecule has 1 aliphatic heterocycles. The van der Waals surface area contributed by atoms with Crippen molar-refractivity contribution in [1.29, 1.82) is 0 Å². The van der Waals surface area contributed by atoms with Crippen molar-refractivity contribution in [3.63, 3.8) is 0 Å². The van der Waals surface area contributed by atoms with Crippen molar-refractivity contribution >= 4 is 15.9 Å². The molecule has 0 unspecified atom stereocenters. The lowest BCUT2D eigenvalue weighted by molar-refractivity contribution is 0.111. The summed E-state index contributed by atoms with van der Waals surface area (Å²) in [5.41, 5.74) is 2.90. The van der Waals surface area contributed by atoms with Crippen LogP contribution in [0, 0.1) is 5.92 Å². The van der Waals surface area contributed by atoms with E-state index in [4.69, 9.17) is 4.74 Å². The van der Waals surface area contributed by atoms with Gasteiger partial charge in [0.15, 0.2) is 0 Å². The summed E-state index contributed by atoms with van der Waals surface area (Å²) < 4.78 is 6.80. The van der Waals surface area contributed by atoms with Crippen LogP contribution < -0.4 is 4.74 Å². The summed E-state index contributed by atoms with van der Waals surface area (Å²) in [6, 6.07) is 4.92. The Labute approximate surface area is 117 Å². The molecule has 0 aromatic heterocycles. The van der Waals surface area contributed by atoms with Crippen molar-refractivity contribution in [1.82, 2.24) is 4.90 Å². The van der Waals surface area contributed by atoms with E-state index in [9.17, 15) is 0 Å². The Morgan fingerprint density at radius 1 is 1.28 bits per heavy atom. The summed E-state index contributed by atoms with van der Waals surface area (Å²) in [5, 5.41) is 0. The third kappa shape index (κ3) is 1.97. The fraction of sp³-hybridized carbons (Fsp3) is 0.600. The molecule has 1 aromatic rings. The third-order valence-corrected chi connectivity index (χ3v) is 5.37. The Morgan fingerprint density at radius 3 is 2.89 bits per heavy atom. The fourth-order valence-corrected chi connectivity index (χ4v) is 4.16. The molecule has 3 rings (SSSR count). The lowest BCUT2D eigenvalue weighted by Crippen LogP contribution is -2.47. The van der Waals surface area contributed by atoms with Crippen molar-refractivity contribution in [3.8, 4) is 5.75 Å². The maximum Gasteiger partial charge on any atom is 0.122 e. The van der Waals surface area contributed by atoms with Crippen LogP contribution in [-0.2, 0) is 12.8 Å². The number of likely N-dealkylation sites (N-methyl/N-ethyl adjacent to an activating group) is 1. The molecule has 2 nitrogen and oxygen atoms in total. The minimum atomic E-state index is 0.703. The van der Waals surface area contributed by atoms with Gasteiger partial charge in [-0.1, -0.05) is 15.9 Å². The summed E-state index contributed by atoms with van der Waals surface area (Å²) in [6.07, 6.45) is 5.05. The van der Waals surface area contributed by atoms with Gasteiger partial charge in [0.1, 0.15) is 5.75 Å². The van der Waals surface area contributed by atoms with Crippen LogP contribution in [0.4, 0.5) is 0 Å². The summed E-state index contributed by atoms with van der Waals surface area (Å²) in [7, 11) is 4.05. The zero-order valence-electron chi connectivity index (χ0n) is 11.1. The van der Waals surface area contributed by atoms with Gasteiger partial charge in [0, 0.05) is 10.5 Å². The van der Waals surface area contributed by atoms with Crippen LogP contribution in [0.2, 0.25) is 0 Å². The highest BCUT2D eigenvalue weighted by atomic mass is 79.9. The number of hydrogen-bond donors (Lipinski definition) is 0. The van der Waals surface area contributed by atoms with E-state index in [2.05, 4.69) is 40.0 Å². The quantitative estimate of drug-likeness (QED) is 0.789. The summed E-state index contributed by atoms with van der Waals surface area (Å²) >= 11 is 3.71. The van der Waals surface area contributed by atoms with E-state index in [1.165, 1.54) is 41.4 Å². The normalized spacial score (nSPS) is 27.5. The van der Waals surface area contributed by atoms with Gasteiger partial charge in [-0.05, 0) is 68.5 Å². The van der Waals surface area contributed by atoms with E-state index in [1.54, 1.807) is 7.11 Å². The highest BCUT2D eigenvalue weighted by Crippen LogP contribution is 2.40. The Hall–Kier alpha value is -0.540. The molecule has 1 saturated heterocycles. The van der Waals surface area contributed by atoms with Gasteiger partial charge >= 0.3 is 0 Å². The van der Waals surface area contributed by atoms with Crippen LogP contribution in [0.1, 0.15) is 24.0 Å². The number of hydrogen-bond acceptors (Lipinski definition) is 2. The van der Waals surface area contributed by atoms with Gasteiger partial charge in [0.05, 0.1) is 7.11 Å².